The normalized spacial score (nSPS) is 10.9. The van der Waals surface area contributed by atoms with Gasteiger partial charge in [-0.2, -0.15) is 10.2 Å². The average molecular weight is 647 g/mol. The summed E-state index contributed by atoms with van der Waals surface area (Å²) in [5, 5.41) is 22.9. The molecule has 8 aromatic rings. The van der Waals surface area contributed by atoms with E-state index in [2.05, 4.69) is 82.8 Å². The van der Waals surface area contributed by atoms with E-state index in [9.17, 15) is 0 Å². The zero-order valence-corrected chi connectivity index (χ0v) is 27.5. The molecule has 2 N–H and O–H groups in total. The number of fused-ring (bicyclic) bond motifs is 2. The predicted octanol–water partition coefficient (Wildman–Crippen LogP) is 8.05. The molecule has 0 aliphatic carbocycles. The molecule has 0 bridgehead atoms. The van der Waals surface area contributed by atoms with Crippen LogP contribution in [-0.2, 0) is 0 Å². The first kappa shape index (κ1) is 31.0. The Morgan fingerprint density at radius 1 is 0.531 bits per heavy atom. The minimum absolute atomic E-state index is 0.706. The zero-order chi connectivity index (χ0) is 33.7. The highest BCUT2D eigenvalue weighted by Gasteiger charge is 2.09. The van der Waals surface area contributed by atoms with Crippen molar-refractivity contribution in [2.45, 2.75) is 20.8 Å². The maximum Gasteiger partial charge on any atom is 0.153 e. The van der Waals surface area contributed by atoms with E-state index in [0.717, 1.165) is 67.8 Å². The second kappa shape index (κ2) is 13.6. The number of imidazole rings is 2. The van der Waals surface area contributed by atoms with Gasteiger partial charge in [-0.15, -0.1) is 10.2 Å². The highest BCUT2D eigenvalue weighted by molar-refractivity contribution is 5.83. The van der Waals surface area contributed by atoms with Crippen molar-refractivity contribution in [1.82, 2.24) is 39.5 Å². The first-order valence-corrected chi connectivity index (χ1v) is 15.7. The Kier molecular flexibility index (Phi) is 8.62. The third kappa shape index (κ3) is 7.05. The van der Waals surface area contributed by atoms with Crippen LogP contribution < -0.4 is 15.4 Å². The van der Waals surface area contributed by atoms with Crippen LogP contribution in [0.3, 0.4) is 0 Å². The Hall–Kier alpha value is -6.62. The fraction of sp³-hybridized carbons (Fsp3) is 0.105. The Morgan fingerprint density at radius 2 is 1.06 bits per heavy atom. The summed E-state index contributed by atoms with van der Waals surface area (Å²) in [6.07, 6.45) is 3.67. The van der Waals surface area contributed by atoms with Crippen LogP contribution in [0.1, 0.15) is 17.0 Å². The van der Waals surface area contributed by atoms with E-state index >= 15 is 0 Å². The van der Waals surface area contributed by atoms with E-state index in [4.69, 9.17) is 4.74 Å². The van der Waals surface area contributed by atoms with Gasteiger partial charge in [0.05, 0.1) is 46.3 Å². The molecule has 0 aliphatic rings. The Bertz CT molecular complexity index is 2360. The molecular weight excluding hydrogens is 612 g/mol. The van der Waals surface area contributed by atoms with Crippen LogP contribution in [0.15, 0.2) is 122 Å². The monoisotopic (exact) mass is 646 g/mol. The van der Waals surface area contributed by atoms with Gasteiger partial charge in [0.1, 0.15) is 18.4 Å². The predicted molar refractivity (Wildman–Crippen MR) is 194 cm³/mol. The van der Waals surface area contributed by atoms with Crippen LogP contribution >= 0.6 is 0 Å². The highest BCUT2D eigenvalue weighted by atomic mass is 16.5. The summed E-state index contributed by atoms with van der Waals surface area (Å²) in [6, 6.07) is 36.1. The number of nitrogens with zero attached hydrogens (tertiary/aromatic N) is 8. The standard InChI is InChI=1S/C19H17N5O.C19H17N5/c1-13-6-9-19(23-22-13)21-14-7-8-18-17(10-14)20-12-24(18)15-4-3-5-16(11-15)25-2;1-13-4-3-5-16(10-13)24-12-20-17-11-15(7-8-18(17)24)21-19-9-6-14(2)22-23-19/h3-12H,1-2H3,(H,21,23);3-12H,1-2H3,(H,21,23). The Morgan fingerprint density at radius 3 is 1.55 bits per heavy atom. The smallest absolute Gasteiger partial charge is 0.153 e. The summed E-state index contributed by atoms with van der Waals surface area (Å²) >= 11 is 0. The summed E-state index contributed by atoms with van der Waals surface area (Å²) in [5.41, 5.74) is 10.9. The van der Waals surface area contributed by atoms with Gasteiger partial charge in [-0.3, -0.25) is 9.13 Å². The van der Waals surface area contributed by atoms with Gasteiger partial charge in [0.15, 0.2) is 11.6 Å². The number of nitrogens with one attached hydrogen (secondary N) is 2. The molecule has 8 rings (SSSR count). The van der Waals surface area contributed by atoms with Gasteiger partial charge in [-0.25, -0.2) is 9.97 Å². The highest BCUT2D eigenvalue weighted by Crippen LogP contribution is 2.26. The van der Waals surface area contributed by atoms with Crippen LogP contribution in [0.2, 0.25) is 0 Å². The fourth-order valence-corrected chi connectivity index (χ4v) is 5.36. The fourth-order valence-electron chi connectivity index (χ4n) is 5.36. The molecule has 4 heterocycles. The van der Waals surface area contributed by atoms with Crippen molar-refractivity contribution in [3.63, 3.8) is 0 Å². The molecule has 242 valence electrons. The van der Waals surface area contributed by atoms with Crippen molar-refractivity contribution in [3.05, 3.63) is 139 Å². The van der Waals surface area contributed by atoms with Crippen LogP contribution in [0.5, 0.6) is 5.75 Å². The number of hydrogen-bond acceptors (Lipinski definition) is 9. The largest absolute Gasteiger partial charge is 0.497 e. The SMILES string of the molecule is COc1cccc(-n2cnc3cc(Nc4ccc(C)nn4)ccc32)c1.Cc1cccc(-n2cnc3cc(Nc4ccc(C)nn4)ccc32)c1. The van der Waals surface area contributed by atoms with Gasteiger partial charge >= 0.3 is 0 Å². The molecule has 0 saturated carbocycles. The second-order valence-corrected chi connectivity index (χ2v) is 11.5. The molecule has 0 aliphatic heterocycles. The molecule has 4 aromatic carbocycles. The topological polar surface area (TPSA) is 120 Å². The van der Waals surface area contributed by atoms with E-state index in [1.54, 1.807) is 7.11 Å². The van der Waals surface area contributed by atoms with Crippen LogP contribution in [0.4, 0.5) is 23.0 Å². The number of aryl methyl sites for hydroxylation is 3. The van der Waals surface area contributed by atoms with E-state index in [1.807, 2.05) is 110 Å². The summed E-state index contributed by atoms with van der Waals surface area (Å²) in [4.78, 5) is 9.04. The van der Waals surface area contributed by atoms with Crippen molar-refractivity contribution < 1.29 is 4.74 Å². The number of anilines is 4. The minimum Gasteiger partial charge on any atom is -0.497 e. The molecule has 0 spiro atoms. The maximum absolute atomic E-state index is 5.30. The molecule has 0 radical (unpaired) electrons. The number of ether oxygens (including phenoxy) is 1. The zero-order valence-electron chi connectivity index (χ0n) is 27.5. The maximum atomic E-state index is 5.30. The van der Waals surface area contributed by atoms with Gasteiger partial charge in [0.25, 0.3) is 0 Å². The molecule has 11 heteroatoms. The average Bonchev–Trinajstić information content (AvgIpc) is 3.75. The van der Waals surface area contributed by atoms with E-state index in [0.29, 0.717) is 5.82 Å². The van der Waals surface area contributed by atoms with Gasteiger partial charge in [0, 0.05) is 23.1 Å². The molecule has 0 amide bonds. The number of hydrogen-bond donors (Lipinski definition) is 2. The number of benzene rings is 4. The summed E-state index contributed by atoms with van der Waals surface area (Å²) in [7, 11) is 1.66. The van der Waals surface area contributed by atoms with Crippen molar-refractivity contribution in [1.29, 1.82) is 0 Å². The van der Waals surface area contributed by atoms with E-state index in [-0.39, 0.29) is 0 Å². The van der Waals surface area contributed by atoms with Crippen molar-refractivity contribution in [2.24, 2.45) is 0 Å². The van der Waals surface area contributed by atoms with E-state index in [1.165, 1.54) is 5.56 Å². The molecule has 0 unspecified atom stereocenters. The lowest BCUT2D eigenvalue weighted by molar-refractivity contribution is 0.414. The molecule has 11 nitrogen and oxygen atoms in total. The van der Waals surface area contributed by atoms with Crippen LogP contribution in [0, 0.1) is 20.8 Å². The van der Waals surface area contributed by atoms with Gasteiger partial charge in [-0.05, 0) is 111 Å². The van der Waals surface area contributed by atoms with Crippen molar-refractivity contribution >= 4 is 45.1 Å². The van der Waals surface area contributed by atoms with Crippen LogP contribution in [0.25, 0.3) is 33.4 Å². The number of methoxy groups -OCH3 is 1. The van der Waals surface area contributed by atoms with Gasteiger partial charge < -0.3 is 15.4 Å². The first-order chi connectivity index (χ1) is 23.9. The van der Waals surface area contributed by atoms with Crippen LogP contribution in [-0.4, -0.2) is 46.6 Å². The lowest BCUT2D eigenvalue weighted by Crippen LogP contribution is -1.96. The summed E-state index contributed by atoms with van der Waals surface area (Å²) in [5.74, 6) is 2.24. The number of aromatic nitrogens is 8. The lowest BCUT2D eigenvalue weighted by atomic mass is 10.2. The molecule has 0 fully saturated rings. The second-order valence-electron chi connectivity index (χ2n) is 11.5. The minimum atomic E-state index is 0.706. The van der Waals surface area contributed by atoms with E-state index < -0.39 is 0 Å². The Balaban J connectivity index is 0.000000154. The molecular formula is C38H34N10O. The van der Waals surface area contributed by atoms with Gasteiger partial charge in [-0.1, -0.05) is 18.2 Å². The first-order valence-electron chi connectivity index (χ1n) is 15.7. The lowest BCUT2D eigenvalue weighted by Gasteiger charge is -2.08. The molecule has 0 atom stereocenters. The summed E-state index contributed by atoms with van der Waals surface area (Å²) in [6.45, 7) is 5.92. The molecule has 49 heavy (non-hydrogen) atoms. The molecule has 4 aromatic heterocycles. The van der Waals surface area contributed by atoms with Crippen molar-refractivity contribution in [3.8, 4) is 17.1 Å². The third-order valence-electron chi connectivity index (χ3n) is 7.85. The Labute approximate surface area is 283 Å². The summed E-state index contributed by atoms with van der Waals surface area (Å²) < 4.78 is 9.43. The quantitative estimate of drug-likeness (QED) is 0.177. The molecule has 0 saturated heterocycles. The number of rotatable bonds is 7. The third-order valence-corrected chi connectivity index (χ3v) is 7.85. The van der Waals surface area contributed by atoms with Crippen molar-refractivity contribution in [2.75, 3.05) is 17.7 Å². The van der Waals surface area contributed by atoms with Gasteiger partial charge in [0.2, 0.25) is 0 Å².